The van der Waals surface area contributed by atoms with E-state index in [1.54, 1.807) is 12.1 Å². The van der Waals surface area contributed by atoms with Crippen molar-refractivity contribution in [3.63, 3.8) is 0 Å². The zero-order valence-corrected chi connectivity index (χ0v) is 10.5. The van der Waals surface area contributed by atoms with Crippen molar-refractivity contribution in [3.8, 4) is 0 Å². The lowest BCUT2D eigenvalue weighted by molar-refractivity contribution is -0.147. The normalized spacial score (nSPS) is 12.2. The van der Waals surface area contributed by atoms with Crippen LogP contribution in [0, 0.1) is 0 Å². The molecule has 0 heterocycles. The van der Waals surface area contributed by atoms with Gasteiger partial charge in [-0.25, -0.2) is 4.79 Å². The first-order chi connectivity index (χ1) is 7.97. The van der Waals surface area contributed by atoms with Crippen LogP contribution in [-0.2, 0) is 16.0 Å². The summed E-state index contributed by atoms with van der Waals surface area (Å²) < 4.78 is 0. The molecular formula is C12H14O4S. The average Bonchev–Trinajstić information content (AvgIpc) is 2.27. The van der Waals surface area contributed by atoms with Crippen LogP contribution in [-0.4, -0.2) is 28.2 Å². The first kappa shape index (κ1) is 13.7. The number of benzene rings is 1. The van der Waals surface area contributed by atoms with E-state index in [9.17, 15) is 14.7 Å². The van der Waals surface area contributed by atoms with Gasteiger partial charge in [-0.05, 0) is 30.4 Å². The van der Waals surface area contributed by atoms with Gasteiger partial charge in [0.05, 0.1) is 0 Å². The van der Waals surface area contributed by atoms with Crippen LogP contribution in [0.4, 0.5) is 0 Å². The molecule has 1 aromatic rings. The Morgan fingerprint density at radius 1 is 1.41 bits per heavy atom. The van der Waals surface area contributed by atoms with Gasteiger partial charge in [0.25, 0.3) is 0 Å². The first-order valence-corrected chi connectivity index (χ1v) is 6.26. The van der Waals surface area contributed by atoms with Gasteiger partial charge in [0.2, 0.25) is 0 Å². The zero-order valence-electron chi connectivity index (χ0n) is 9.64. The summed E-state index contributed by atoms with van der Waals surface area (Å²) >= 11 is 1.42. The fraction of sp³-hybridized carbons (Fsp3) is 0.333. The van der Waals surface area contributed by atoms with Gasteiger partial charge < -0.3 is 10.2 Å². The number of Topliss-reactive ketones (excluding diaryl/α,β-unsaturated/α-hetero) is 1. The van der Waals surface area contributed by atoms with Crippen molar-refractivity contribution >= 4 is 23.5 Å². The van der Waals surface area contributed by atoms with Crippen molar-refractivity contribution in [2.24, 2.45) is 0 Å². The van der Waals surface area contributed by atoms with Crippen LogP contribution in [0.2, 0.25) is 0 Å². The van der Waals surface area contributed by atoms with E-state index in [1.165, 1.54) is 24.8 Å². The molecule has 2 N–H and O–H groups in total. The van der Waals surface area contributed by atoms with Crippen molar-refractivity contribution in [1.82, 2.24) is 0 Å². The van der Waals surface area contributed by atoms with Crippen LogP contribution in [0.25, 0.3) is 0 Å². The van der Waals surface area contributed by atoms with Gasteiger partial charge in [-0.2, -0.15) is 0 Å². The predicted octanol–water partition coefficient (Wildman–Crippen LogP) is 1.66. The van der Waals surface area contributed by atoms with Crippen LogP contribution in [0.5, 0.6) is 0 Å². The Bertz CT molecular complexity index is 442. The lowest BCUT2D eigenvalue weighted by Gasteiger charge is -2.14. The number of carbonyl (C=O) groups is 2. The molecule has 1 unspecified atom stereocenters. The Kier molecular flexibility index (Phi) is 4.72. The van der Waals surface area contributed by atoms with Gasteiger partial charge in [-0.1, -0.05) is 12.1 Å². The number of hydrogen-bond acceptors (Lipinski definition) is 4. The van der Waals surface area contributed by atoms with Gasteiger partial charge in [0, 0.05) is 11.3 Å². The monoisotopic (exact) mass is 254 g/mol. The van der Waals surface area contributed by atoms with Gasteiger partial charge in [0.1, 0.15) is 5.78 Å². The van der Waals surface area contributed by atoms with Gasteiger partial charge in [0.15, 0.2) is 6.10 Å². The highest BCUT2D eigenvalue weighted by molar-refractivity contribution is 7.98. The van der Waals surface area contributed by atoms with Gasteiger partial charge in [-0.3, -0.25) is 4.79 Å². The fourth-order valence-electron chi connectivity index (χ4n) is 1.60. The molecule has 0 aliphatic carbocycles. The van der Waals surface area contributed by atoms with E-state index in [0.717, 1.165) is 4.90 Å². The molecule has 1 aromatic carbocycles. The number of thioether (sulfide) groups is 1. The first-order valence-electron chi connectivity index (χ1n) is 5.03. The van der Waals surface area contributed by atoms with E-state index in [-0.39, 0.29) is 12.2 Å². The lowest BCUT2D eigenvalue weighted by atomic mass is 9.98. The van der Waals surface area contributed by atoms with Crippen molar-refractivity contribution in [1.29, 1.82) is 0 Å². The van der Waals surface area contributed by atoms with E-state index >= 15 is 0 Å². The van der Waals surface area contributed by atoms with Crippen LogP contribution >= 0.6 is 11.8 Å². The second-order valence-electron chi connectivity index (χ2n) is 3.65. The molecule has 0 fully saturated rings. The predicted molar refractivity (Wildman–Crippen MR) is 65.2 cm³/mol. The molecule has 0 spiro atoms. The molecule has 0 saturated carbocycles. The lowest BCUT2D eigenvalue weighted by Crippen LogP contribution is -2.14. The van der Waals surface area contributed by atoms with Gasteiger partial charge in [-0.15, -0.1) is 11.8 Å². The smallest absolute Gasteiger partial charge is 0.337 e. The minimum absolute atomic E-state index is 0.0645. The van der Waals surface area contributed by atoms with E-state index in [0.29, 0.717) is 11.1 Å². The third-order valence-electron chi connectivity index (χ3n) is 2.34. The third-order valence-corrected chi connectivity index (χ3v) is 3.17. The Balaban J connectivity index is 3.28. The van der Waals surface area contributed by atoms with Crippen molar-refractivity contribution < 1.29 is 19.8 Å². The Hall–Kier alpha value is -1.33. The molecule has 0 aliphatic heterocycles. The molecule has 0 amide bonds. The van der Waals surface area contributed by atoms with Crippen LogP contribution in [0.3, 0.4) is 0 Å². The topological polar surface area (TPSA) is 74.6 Å². The summed E-state index contributed by atoms with van der Waals surface area (Å²) in [5, 5.41) is 18.4. The summed E-state index contributed by atoms with van der Waals surface area (Å²) in [6.45, 7) is 1.44. The molecule has 0 aromatic heterocycles. The molecule has 0 saturated heterocycles. The minimum Gasteiger partial charge on any atom is -0.479 e. The second kappa shape index (κ2) is 5.84. The minimum atomic E-state index is -1.59. The standard InChI is InChI=1S/C12H14O4S/c1-7(13)6-9-8(11(14)12(15)16)4-3-5-10(9)17-2/h3-5,11,14H,6H2,1-2H3,(H,15,16). The molecular weight excluding hydrogens is 240 g/mol. The maximum atomic E-state index is 11.2. The Morgan fingerprint density at radius 3 is 2.53 bits per heavy atom. The number of carboxylic acids is 1. The van der Waals surface area contributed by atoms with Crippen LogP contribution in [0.15, 0.2) is 23.1 Å². The number of carboxylic acid groups (broad SMARTS) is 1. The summed E-state index contributed by atoms with van der Waals surface area (Å²) in [6.07, 6.45) is 0.392. The molecule has 0 radical (unpaired) electrons. The summed E-state index contributed by atoms with van der Waals surface area (Å²) in [4.78, 5) is 22.8. The molecule has 1 atom stereocenters. The Morgan fingerprint density at radius 2 is 2.06 bits per heavy atom. The highest BCUT2D eigenvalue weighted by Crippen LogP contribution is 2.28. The number of hydrogen-bond donors (Lipinski definition) is 2. The summed E-state index contributed by atoms with van der Waals surface area (Å²) in [6, 6.07) is 5.02. The van der Waals surface area contributed by atoms with E-state index in [2.05, 4.69) is 0 Å². The highest BCUT2D eigenvalue weighted by Gasteiger charge is 2.21. The largest absolute Gasteiger partial charge is 0.479 e. The van der Waals surface area contributed by atoms with Crippen molar-refractivity contribution in [2.75, 3.05) is 6.26 Å². The van der Waals surface area contributed by atoms with E-state index in [4.69, 9.17) is 5.11 Å². The zero-order chi connectivity index (χ0) is 13.0. The number of aliphatic carboxylic acids is 1. The van der Waals surface area contributed by atoms with Gasteiger partial charge >= 0.3 is 5.97 Å². The fourth-order valence-corrected chi connectivity index (χ4v) is 2.25. The van der Waals surface area contributed by atoms with E-state index < -0.39 is 12.1 Å². The van der Waals surface area contributed by atoms with E-state index in [1.807, 2.05) is 6.26 Å². The quantitative estimate of drug-likeness (QED) is 0.782. The third kappa shape index (κ3) is 3.31. The summed E-state index contributed by atoms with van der Waals surface area (Å²) in [5.41, 5.74) is 0.891. The molecule has 17 heavy (non-hydrogen) atoms. The molecule has 5 heteroatoms. The maximum Gasteiger partial charge on any atom is 0.337 e. The number of ketones is 1. The van der Waals surface area contributed by atoms with Crippen LogP contribution < -0.4 is 0 Å². The number of carbonyl (C=O) groups excluding carboxylic acids is 1. The highest BCUT2D eigenvalue weighted by atomic mass is 32.2. The second-order valence-corrected chi connectivity index (χ2v) is 4.50. The summed E-state index contributed by atoms with van der Waals surface area (Å²) in [5.74, 6) is -1.38. The number of aliphatic hydroxyl groups is 1. The van der Waals surface area contributed by atoms with Crippen molar-refractivity contribution in [2.45, 2.75) is 24.3 Å². The number of rotatable bonds is 5. The Labute approximate surface area is 104 Å². The molecule has 0 aliphatic rings. The van der Waals surface area contributed by atoms with Crippen molar-refractivity contribution in [3.05, 3.63) is 29.3 Å². The SMILES string of the molecule is CSc1cccc(C(O)C(=O)O)c1CC(C)=O. The number of aliphatic hydroxyl groups excluding tert-OH is 1. The molecule has 4 nitrogen and oxygen atoms in total. The van der Waals surface area contributed by atoms with Crippen LogP contribution in [0.1, 0.15) is 24.2 Å². The molecule has 92 valence electrons. The maximum absolute atomic E-state index is 11.2. The molecule has 0 bridgehead atoms. The average molecular weight is 254 g/mol. The summed E-state index contributed by atoms with van der Waals surface area (Å²) in [7, 11) is 0. The molecule has 1 rings (SSSR count).